The van der Waals surface area contributed by atoms with Crippen LogP contribution in [0.2, 0.25) is 0 Å². The number of carbonyl (C=O) groups is 1. The Labute approximate surface area is 177 Å². The summed E-state index contributed by atoms with van der Waals surface area (Å²) in [6, 6.07) is 0. The molecule has 29 heavy (non-hydrogen) atoms. The molecule has 156 valence electrons. The number of amides is 1. The molecule has 7 heteroatoms. The molecule has 1 aromatic heterocycles. The Balaban J connectivity index is 1.44. The van der Waals surface area contributed by atoms with Gasteiger partial charge in [0, 0.05) is 67.1 Å². The predicted octanol–water partition coefficient (Wildman–Crippen LogP) is 3.65. The topological polar surface area (TPSA) is 53.4 Å². The van der Waals surface area contributed by atoms with Gasteiger partial charge in [0.15, 0.2) is 5.82 Å². The molecule has 6 nitrogen and oxygen atoms in total. The van der Waals surface area contributed by atoms with Crippen LogP contribution in [0, 0.1) is 0 Å². The van der Waals surface area contributed by atoms with E-state index in [0.717, 1.165) is 44.8 Å². The molecule has 1 N–H and O–H groups in total. The lowest BCUT2D eigenvalue weighted by Gasteiger charge is -2.35. The second-order valence-corrected chi connectivity index (χ2v) is 10.1. The second-order valence-electron chi connectivity index (χ2n) is 9.14. The molecule has 0 atom stereocenters. The minimum absolute atomic E-state index is 0.307. The van der Waals surface area contributed by atoms with E-state index in [1.165, 1.54) is 54.8 Å². The molecule has 3 fully saturated rings. The maximum Gasteiger partial charge on any atom is 0.209 e. The van der Waals surface area contributed by atoms with Crippen molar-refractivity contribution < 1.29 is 4.79 Å². The lowest BCUT2D eigenvalue weighted by Crippen LogP contribution is -2.44. The van der Waals surface area contributed by atoms with E-state index in [1.54, 1.807) is 11.9 Å². The first kappa shape index (κ1) is 19.2. The van der Waals surface area contributed by atoms with Crippen LogP contribution < -0.4 is 4.72 Å². The van der Waals surface area contributed by atoms with Crippen LogP contribution in [0.3, 0.4) is 0 Å². The van der Waals surface area contributed by atoms with Gasteiger partial charge in [0.25, 0.3) is 0 Å². The molecular formula is C22H31N5OS. The Morgan fingerprint density at radius 1 is 1.21 bits per heavy atom. The van der Waals surface area contributed by atoms with Crippen molar-refractivity contribution in [1.82, 2.24) is 24.1 Å². The maximum absolute atomic E-state index is 11.1. The molecule has 5 rings (SSSR count). The molecule has 0 aromatic carbocycles. The van der Waals surface area contributed by atoms with E-state index >= 15 is 0 Å². The van der Waals surface area contributed by atoms with E-state index in [1.807, 2.05) is 4.90 Å². The first-order valence-corrected chi connectivity index (χ1v) is 11.8. The molecule has 0 spiro atoms. The number of aromatic nitrogens is 2. The minimum atomic E-state index is 0.307. The number of allylic oxidation sites excluding steroid dienone is 2. The molecule has 2 aliphatic carbocycles. The van der Waals surface area contributed by atoms with Gasteiger partial charge in [0.05, 0.1) is 5.70 Å². The fraction of sp³-hybridized carbons (Fsp3) is 0.636. The highest BCUT2D eigenvalue weighted by molar-refractivity contribution is 8.01. The molecule has 0 unspecified atom stereocenters. The number of nitrogens with one attached hydrogen (secondary N) is 1. The molecular weight excluding hydrogens is 382 g/mol. The third-order valence-corrected chi connectivity index (χ3v) is 7.96. The van der Waals surface area contributed by atoms with E-state index in [0.29, 0.717) is 11.5 Å². The highest BCUT2D eigenvalue weighted by Crippen LogP contribution is 2.40. The van der Waals surface area contributed by atoms with Gasteiger partial charge in [-0.25, -0.2) is 4.98 Å². The molecule has 2 aliphatic heterocycles. The van der Waals surface area contributed by atoms with Crippen LogP contribution >= 0.6 is 11.9 Å². The van der Waals surface area contributed by atoms with Crippen LogP contribution in [0.5, 0.6) is 0 Å². The van der Waals surface area contributed by atoms with E-state index in [9.17, 15) is 4.79 Å². The van der Waals surface area contributed by atoms with Gasteiger partial charge in [-0.15, -0.1) is 0 Å². The van der Waals surface area contributed by atoms with Crippen LogP contribution in [-0.4, -0.2) is 57.5 Å². The number of rotatable bonds is 6. The van der Waals surface area contributed by atoms with Gasteiger partial charge in [-0.05, 0) is 44.6 Å². The summed E-state index contributed by atoms with van der Waals surface area (Å²) in [5.74, 6) is 1.69. The van der Waals surface area contributed by atoms with Gasteiger partial charge in [-0.2, -0.15) is 0 Å². The van der Waals surface area contributed by atoms with Crippen molar-refractivity contribution in [2.75, 3.05) is 26.2 Å². The van der Waals surface area contributed by atoms with Crippen LogP contribution in [0.15, 0.2) is 17.2 Å². The van der Waals surface area contributed by atoms with Crippen LogP contribution in [0.25, 0.3) is 11.9 Å². The number of carbonyl (C=O) groups excluding carboxylic acids is 1. The van der Waals surface area contributed by atoms with Crippen molar-refractivity contribution in [2.45, 2.75) is 63.3 Å². The normalized spacial score (nSPS) is 24.0. The van der Waals surface area contributed by atoms with Crippen LogP contribution in [0.4, 0.5) is 0 Å². The van der Waals surface area contributed by atoms with Gasteiger partial charge in [0.1, 0.15) is 0 Å². The van der Waals surface area contributed by atoms with E-state index in [2.05, 4.69) is 39.6 Å². The molecule has 1 saturated heterocycles. The summed E-state index contributed by atoms with van der Waals surface area (Å²) < 4.78 is 6.05. The van der Waals surface area contributed by atoms with Crippen LogP contribution in [0.1, 0.15) is 69.3 Å². The Morgan fingerprint density at radius 2 is 1.97 bits per heavy atom. The van der Waals surface area contributed by atoms with E-state index in [4.69, 9.17) is 4.98 Å². The summed E-state index contributed by atoms with van der Waals surface area (Å²) in [6.45, 7) is 5.61. The Kier molecular flexibility index (Phi) is 5.20. The summed E-state index contributed by atoms with van der Waals surface area (Å²) in [7, 11) is 0. The molecule has 1 aromatic rings. The molecule has 1 amide bonds. The van der Waals surface area contributed by atoms with Crippen molar-refractivity contribution >= 4 is 30.3 Å². The fourth-order valence-electron chi connectivity index (χ4n) is 4.59. The Bertz CT molecular complexity index is 826. The standard InChI is InChI=1S/C22H31N5OS/c1-22(8-9-22)24-29-18-6-7-19(26-12-10-25(16-28)11-13-26)21-23-14-20(27(21)15-18)17-4-2-3-5-17/h7,14-17,24H,2-6,8-13H2,1H3. The fourth-order valence-corrected chi connectivity index (χ4v) is 5.50. The summed E-state index contributed by atoms with van der Waals surface area (Å²) >= 11 is 1.80. The van der Waals surface area contributed by atoms with Crippen molar-refractivity contribution in [1.29, 1.82) is 0 Å². The second kappa shape index (κ2) is 7.84. The highest BCUT2D eigenvalue weighted by atomic mass is 32.2. The zero-order chi connectivity index (χ0) is 19.8. The minimum Gasteiger partial charge on any atom is -0.365 e. The van der Waals surface area contributed by atoms with Gasteiger partial charge in [-0.3, -0.25) is 9.52 Å². The first-order valence-electron chi connectivity index (χ1n) is 11.0. The lowest BCUT2D eigenvalue weighted by atomic mass is 10.1. The Morgan fingerprint density at radius 3 is 2.66 bits per heavy atom. The number of fused-ring (bicyclic) bond motifs is 1. The average molecular weight is 414 g/mol. The lowest BCUT2D eigenvalue weighted by molar-refractivity contribution is -0.119. The number of imidazole rings is 1. The zero-order valence-electron chi connectivity index (χ0n) is 17.3. The summed E-state index contributed by atoms with van der Waals surface area (Å²) in [6.07, 6.45) is 16.4. The summed E-state index contributed by atoms with van der Waals surface area (Å²) in [4.78, 5) is 21.6. The van der Waals surface area contributed by atoms with Gasteiger partial charge < -0.3 is 14.4 Å². The number of hydrogen-bond donors (Lipinski definition) is 1. The van der Waals surface area contributed by atoms with Crippen molar-refractivity contribution in [2.24, 2.45) is 0 Å². The number of piperazine rings is 1. The summed E-state index contributed by atoms with van der Waals surface area (Å²) in [5.41, 5.74) is 2.90. The van der Waals surface area contributed by atoms with Gasteiger partial charge >= 0.3 is 0 Å². The Hall–Kier alpha value is -1.73. The molecule has 3 heterocycles. The largest absolute Gasteiger partial charge is 0.365 e. The number of hydrogen-bond acceptors (Lipinski definition) is 5. The smallest absolute Gasteiger partial charge is 0.209 e. The van der Waals surface area contributed by atoms with Crippen molar-refractivity contribution in [3.05, 3.63) is 28.7 Å². The van der Waals surface area contributed by atoms with Crippen molar-refractivity contribution in [3.8, 4) is 0 Å². The van der Waals surface area contributed by atoms with Gasteiger partial charge in [-0.1, -0.05) is 18.9 Å². The van der Waals surface area contributed by atoms with Crippen LogP contribution in [-0.2, 0) is 4.79 Å². The summed E-state index contributed by atoms with van der Waals surface area (Å²) in [5, 5.41) is 0. The highest BCUT2D eigenvalue weighted by Gasteiger charge is 2.37. The molecule has 0 radical (unpaired) electrons. The first-order chi connectivity index (χ1) is 14.1. The van der Waals surface area contributed by atoms with Gasteiger partial charge in [0.2, 0.25) is 6.41 Å². The quantitative estimate of drug-likeness (QED) is 0.570. The molecule has 4 aliphatic rings. The number of nitrogens with zero attached hydrogens (tertiary/aromatic N) is 4. The molecule has 0 bridgehead atoms. The average Bonchev–Trinajstić information content (AvgIpc) is 3.13. The predicted molar refractivity (Wildman–Crippen MR) is 118 cm³/mol. The monoisotopic (exact) mass is 413 g/mol. The maximum atomic E-state index is 11.1. The van der Waals surface area contributed by atoms with E-state index < -0.39 is 0 Å². The van der Waals surface area contributed by atoms with E-state index in [-0.39, 0.29) is 0 Å². The third-order valence-electron chi connectivity index (χ3n) is 6.83. The van der Waals surface area contributed by atoms with Crippen molar-refractivity contribution in [3.63, 3.8) is 0 Å². The SMILES string of the molecule is CC1(NSC2=Cn3c(C4CCCC4)cnc3C(N3CCN(C=O)CC3)=CC2)CC1. The molecule has 2 saturated carbocycles. The third kappa shape index (κ3) is 3.99. The zero-order valence-corrected chi connectivity index (χ0v) is 18.1.